The minimum absolute atomic E-state index is 0.595. The maximum Gasteiger partial charge on any atom is 0.210 e. The van der Waals surface area contributed by atoms with E-state index in [0.29, 0.717) is 11.3 Å². The predicted molar refractivity (Wildman–Crippen MR) is 276 cm³/mol. The first kappa shape index (κ1) is 38.3. The fourth-order valence-electron chi connectivity index (χ4n) is 11.2. The van der Waals surface area contributed by atoms with Gasteiger partial charge in [0.15, 0.2) is 0 Å². The highest BCUT2D eigenvalue weighted by atomic mass is 15.2. The molecule has 0 heterocycles. The fourth-order valence-corrected chi connectivity index (χ4v) is 11.2. The highest BCUT2D eigenvalue weighted by molar-refractivity contribution is 6.09. The largest absolute Gasteiger partial charge is 0.320 e. The van der Waals surface area contributed by atoms with Crippen LogP contribution in [0.2, 0.25) is 0 Å². The topological polar surface area (TPSA) is 34.6 Å². The van der Waals surface area contributed by atoms with Gasteiger partial charge in [-0.2, -0.15) is 5.26 Å². The van der Waals surface area contributed by atoms with Gasteiger partial charge in [0.2, 0.25) is 5.69 Å². The van der Waals surface area contributed by atoms with Crippen molar-refractivity contribution in [3.05, 3.63) is 270 Å². The molecule has 0 fully saturated rings. The molecule has 0 N–H and O–H groups in total. The van der Waals surface area contributed by atoms with Crippen LogP contribution in [0.4, 0.5) is 39.8 Å². The molecule has 11 aromatic carbocycles. The third kappa shape index (κ3) is 5.64. The Kier molecular flexibility index (Phi) is 8.52. The summed E-state index contributed by atoms with van der Waals surface area (Å²) in [7, 11) is 0. The van der Waals surface area contributed by atoms with E-state index in [1.807, 2.05) is 84.9 Å². The lowest BCUT2D eigenvalue weighted by atomic mass is 9.70. The van der Waals surface area contributed by atoms with Crippen LogP contribution in [0.15, 0.2) is 231 Å². The minimum atomic E-state index is -0.628. The van der Waals surface area contributed by atoms with E-state index >= 15 is 0 Å². The summed E-state index contributed by atoms with van der Waals surface area (Å²) < 4.78 is 0. The lowest BCUT2D eigenvalue weighted by molar-refractivity contribution is 0.797. The van der Waals surface area contributed by atoms with Gasteiger partial charge in [-0.3, -0.25) is 0 Å². The molecule has 1 unspecified atom stereocenters. The summed E-state index contributed by atoms with van der Waals surface area (Å²) in [5, 5.41) is 17.3. The second kappa shape index (κ2) is 14.9. The van der Waals surface area contributed by atoms with Crippen molar-refractivity contribution in [3.8, 4) is 28.3 Å². The van der Waals surface area contributed by atoms with Crippen LogP contribution in [0.5, 0.6) is 0 Å². The molecule has 1 spiro atoms. The Bertz CT molecular complexity index is 3720. The van der Waals surface area contributed by atoms with E-state index in [2.05, 4.69) is 166 Å². The highest BCUT2D eigenvalue weighted by Gasteiger charge is 2.52. The van der Waals surface area contributed by atoms with E-state index in [-0.39, 0.29) is 0 Å². The van der Waals surface area contributed by atoms with Crippen LogP contribution in [-0.4, -0.2) is 0 Å². The molecule has 13 rings (SSSR count). The molecule has 0 saturated heterocycles. The normalized spacial score (nSPS) is 14.0. The molecule has 4 nitrogen and oxygen atoms in total. The molecule has 67 heavy (non-hydrogen) atoms. The zero-order valence-electron chi connectivity index (χ0n) is 36.2. The Balaban J connectivity index is 1.09. The quantitative estimate of drug-likeness (QED) is 0.156. The van der Waals surface area contributed by atoms with Crippen LogP contribution < -0.4 is 9.80 Å². The molecule has 0 radical (unpaired) electrons. The van der Waals surface area contributed by atoms with Crippen molar-refractivity contribution >= 4 is 72.1 Å². The van der Waals surface area contributed by atoms with Crippen molar-refractivity contribution in [3.63, 3.8) is 0 Å². The standard InChI is InChI=1S/C63H38N4/c1-65-59-25-13-15-27-61(59)67(48-20-6-3-7-21-48)50-32-29-43-37-54-53-36-42-28-31-49(66(47-18-4-2-5-19-47)60-26-14-9-17-44(60)40-64)34-45(42)38-57(53)63(58(54)39-46(43)35-50)55-24-12-11-23-52(55)62-51-22-10-8-16-41(51)30-33-56(62)63/h2-39H. The number of nitriles is 1. The molecule has 2 aliphatic rings. The third-order valence-corrected chi connectivity index (χ3v) is 14.0. The summed E-state index contributed by atoms with van der Waals surface area (Å²) in [6, 6.07) is 84.4. The van der Waals surface area contributed by atoms with Crippen molar-refractivity contribution in [2.24, 2.45) is 0 Å². The van der Waals surface area contributed by atoms with Gasteiger partial charge in [-0.25, -0.2) is 4.85 Å². The van der Waals surface area contributed by atoms with Gasteiger partial charge < -0.3 is 9.80 Å². The van der Waals surface area contributed by atoms with E-state index in [0.717, 1.165) is 55.7 Å². The van der Waals surface area contributed by atoms with Gasteiger partial charge in [0.05, 0.1) is 28.9 Å². The van der Waals surface area contributed by atoms with Crippen molar-refractivity contribution in [2.75, 3.05) is 9.80 Å². The van der Waals surface area contributed by atoms with Crippen molar-refractivity contribution in [1.29, 1.82) is 5.26 Å². The third-order valence-electron chi connectivity index (χ3n) is 14.0. The Morgan fingerprint density at radius 2 is 0.925 bits per heavy atom. The summed E-state index contributed by atoms with van der Waals surface area (Å²) in [6.45, 7) is 8.11. The van der Waals surface area contributed by atoms with Crippen LogP contribution in [0.25, 0.3) is 59.4 Å². The lowest BCUT2D eigenvalue weighted by Crippen LogP contribution is -2.26. The maximum atomic E-state index is 10.3. The highest BCUT2D eigenvalue weighted by Crippen LogP contribution is 2.65. The van der Waals surface area contributed by atoms with Gasteiger partial charge in [-0.05, 0) is 168 Å². The number of hydrogen-bond acceptors (Lipinski definition) is 3. The predicted octanol–water partition coefficient (Wildman–Crippen LogP) is 16.9. The van der Waals surface area contributed by atoms with Gasteiger partial charge in [0.25, 0.3) is 0 Å². The SMILES string of the molecule is [C-]#[N+]c1ccccc1N(c1ccccc1)c1ccc2cc3c(cc2c1)C1(c2cc4cc(N(c5ccccc5)c5ccccc5C#N)ccc4cc2-3)c2ccccc2-c2c1ccc1ccccc21. The average molecular weight is 851 g/mol. The number of anilines is 6. The zero-order chi connectivity index (χ0) is 44.6. The van der Waals surface area contributed by atoms with E-state index < -0.39 is 5.41 Å². The molecule has 11 aromatic rings. The summed E-state index contributed by atoms with van der Waals surface area (Å²) in [6.07, 6.45) is 0. The second-order valence-corrected chi connectivity index (χ2v) is 17.4. The maximum absolute atomic E-state index is 10.3. The molecule has 0 aliphatic heterocycles. The number of hydrogen-bond donors (Lipinski definition) is 0. The van der Waals surface area contributed by atoms with Crippen LogP contribution in [-0.2, 0) is 5.41 Å². The van der Waals surface area contributed by atoms with Gasteiger partial charge >= 0.3 is 0 Å². The molecule has 1 atom stereocenters. The summed E-state index contributed by atoms with van der Waals surface area (Å²) in [5.41, 5.74) is 16.2. The number of rotatable bonds is 6. The number of fused-ring (bicyclic) bond motifs is 14. The molecule has 310 valence electrons. The first-order chi connectivity index (χ1) is 33.1. The zero-order valence-corrected chi connectivity index (χ0v) is 36.2. The Morgan fingerprint density at radius 3 is 1.58 bits per heavy atom. The van der Waals surface area contributed by atoms with Gasteiger partial charge in [0, 0.05) is 22.7 Å². The van der Waals surface area contributed by atoms with Crippen LogP contribution >= 0.6 is 0 Å². The molecular weight excluding hydrogens is 813 g/mol. The molecule has 0 aromatic heterocycles. The summed E-state index contributed by atoms with van der Waals surface area (Å²) in [4.78, 5) is 8.36. The average Bonchev–Trinajstić information content (AvgIpc) is 3.84. The van der Waals surface area contributed by atoms with Gasteiger partial charge in [0.1, 0.15) is 6.07 Å². The first-order valence-corrected chi connectivity index (χ1v) is 22.6. The fraction of sp³-hybridized carbons (Fsp3) is 0.0159. The van der Waals surface area contributed by atoms with E-state index in [1.54, 1.807) is 0 Å². The second-order valence-electron chi connectivity index (χ2n) is 17.4. The molecule has 0 amide bonds. The minimum Gasteiger partial charge on any atom is -0.320 e. The van der Waals surface area contributed by atoms with E-state index in [4.69, 9.17) is 6.57 Å². The Morgan fingerprint density at radius 1 is 0.388 bits per heavy atom. The van der Waals surface area contributed by atoms with Crippen molar-refractivity contribution in [2.45, 2.75) is 5.41 Å². The molecular formula is C63H38N4. The first-order valence-electron chi connectivity index (χ1n) is 22.6. The molecule has 2 aliphatic carbocycles. The van der Waals surface area contributed by atoms with E-state index in [9.17, 15) is 5.26 Å². The van der Waals surface area contributed by atoms with Gasteiger partial charge in [-0.15, -0.1) is 0 Å². The molecule has 0 saturated carbocycles. The van der Waals surface area contributed by atoms with Crippen LogP contribution in [0, 0.1) is 17.9 Å². The van der Waals surface area contributed by atoms with Crippen molar-refractivity contribution in [1.82, 2.24) is 0 Å². The molecule has 4 heteroatoms. The van der Waals surface area contributed by atoms with Crippen molar-refractivity contribution < 1.29 is 0 Å². The monoisotopic (exact) mass is 850 g/mol. The smallest absolute Gasteiger partial charge is 0.210 e. The molecule has 0 bridgehead atoms. The number of nitrogens with zero attached hydrogens (tertiary/aromatic N) is 4. The summed E-state index contributed by atoms with van der Waals surface area (Å²) >= 11 is 0. The number of benzene rings is 11. The summed E-state index contributed by atoms with van der Waals surface area (Å²) in [5.74, 6) is 0. The van der Waals surface area contributed by atoms with Crippen LogP contribution in [0.3, 0.4) is 0 Å². The Hall–Kier alpha value is -9.22. The number of para-hydroxylation sites is 5. The van der Waals surface area contributed by atoms with Gasteiger partial charge in [-0.1, -0.05) is 140 Å². The lowest BCUT2D eigenvalue weighted by Gasteiger charge is -2.31. The van der Waals surface area contributed by atoms with E-state index in [1.165, 1.54) is 55.3 Å². The van der Waals surface area contributed by atoms with Crippen LogP contribution in [0.1, 0.15) is 27.8 Å². The Labute approximate surface area is 388 Å².